The van der Waals surface area contributed by atoms with E-state index in [2.05, 4.69) is 5.32 Å². The van der Waals surface area contributed by atoms with Crippen LogP contribution < -0.4 is 5.32 Å². The Morgan fingerprint density at radius 2 is 1.86 bits per heavy atom. The minimum atomic E-state index is -0.885. The normalized spacial score (nSPS) is 16.8. The van der Waals surface area contributed by atoms with Crippen molar-refractivity contribution in [2.45, 2.75) is 44.1 Å². The minimum absolute atomic E-state index is 0.0274. The van der Waals surface area contributed by atoms with Gasteiger partial charge in [-0.3, -0.25) is 9.59 Å². The summed E-state index contributed by atoms with van der Waals surface area (Å²) in [5.74, 6) is -1.36. The van der Waals surface area contributed by atoms with Crippen LogP contribution in [0.25, 0.3) is 6.08 Å². The Morgan fingerprint density at radius 1 is 1.23 bits per heavy atom. The predicted octanol–water partition coefficient (Wildman–Crippen LogP) is 3.13. The number of benzene rings is 1. The molecule has 1 aromatic carbocycles. The average molecular weight is 305 g/mol. The number of carboxylic acids is 1. The standard InChI is InChI=1S/C17H20FNO3/c18-14-8-6-13(7-9-14)4-3-5-15(20)19-17(12-16(21)22)10-1-2-11-17/h3-4,6-9H,1-2,5,10-12H2,(H,19,20)(H,21,22)/b4-3+. The second kappa shape index (κ2) is 7.20. The predicted molar refractivity (Wildman–Crippen MR) is 81.6 cm³/mol. The number of carboxylic acid groups (broad SMARTS) is 1. The molecular weight excluding hydrogens is 285 g/mol. The number of nitrogens with one attached hydrogen (secondary N) is 1. The van der Waals surface area contributed by atoms with Gasteiger partial charge in [0.2, 0.25) is 5.91 Å². The molecule has 1 fully saturated rings. The van der Waals surface area contributed by atoms with Crippen molar-refractivity contribution in [1.29, 1.82) is 0 Å². The number of halogens is 1. The maximum absolute atomic E-state index is 12.8. The van der Waals surface area contributed by atoms with E-state index in [9.17, 15) is 14.0 Å². The summed E-state index contributed by atoms with van der Waals surface area (Å²) >= 11 is 0. The molecule has 0 bridgehead atoms. The van der Waals surface area contributed by atoms with Crippen LogP contribution in [-0.4, -0.2) is 22.5 Å². The Labute approximate surface area is 129 Å². The highest BCUT2D eigenvalue weighted by atomic mass is 19.1. The number of rotatable bonds is 6. The first-order valence-electron chi connectivity index (χ1n) is 7.44. The van der Waals surface area contributed by atoms with Crippen molar-refractivity contribution < 1.29 is 19.1 Å². The quantitative estimate of drug-likeness (QED) is 0.848. The van der Waals surface area contributed by atoms with Gasteiger partial charge in [0.1, 0.15) is 5.82 Å². The van der Waals surface area contributed by atoms with E-state index in [1.807, 2.05) is 0 Å². The zero-order valence-corrected chi connectivity index (χ0v) is 12.3. The molecule has 0 aromatic heterocycles. The van der Waals surface area contributed by atoms with Gasteiger partial charge in [0, 0.05) is 6.42 Å². The maximum Gasteiger partial charge on any atom is 0.305 e. The van der Waals surface area contributed by atoms with Gasteiger partial charge in [0.15, 0.2) is 0 Å². The van der Waals surface area contributed by atoms with Gasteiger partial charge in [-0.1, -0.05) is 37.1 Å². The number of carbonyl (C=O) groups is 2. The summed E-state index contributed by atoms with van der Waals surface area (Å²) in [5.41, 5.74) is 0.224. The molecule has 0 aliphatic heterocycles. The zero-order chi connectivity index (χ0) is 16.0. The first-order valence-corrected chi connectivity index (χ1v) is 7.44. The average Bonchev–Trinajstić information content (AvgIpc) is 2.88. The highest BCUT2D eigenvalue weighted by Crippen LogP contribution is 2.32. The van der Waals surface area contributed by atoms with E-state index >= 15 is 0 Å². The molecular formula is C17H20FNO3. The summed E-state index contributed by atoms with van der Waals surface area (Å²) in [5, 5.41) is 11.9. The molecule has 118 valence electrons. The molecule has 1 aliphatic carbocycles. The summed E-state index contributed by atoms with van der Waals surface area (Å²) in [6.07, 6.45) is 6.92. The Hall–Kier alpha value is -2.17. The Bertz CT molecular complexity index is 560. The van der Waals surface area contributed by atoms with E-state index in [0.717, 1.165) is 18.4 Å². The summed E-state index contributed by atoms with van der Waals surface area (Å²) in [6.45, 7) is 0. The molecule has 22 heavy (non-hydrogen) atoms. The largest absolute Gasteiger partial charge is 0.481 e. The highest BCUT2D eigenvalue weighted by Gasteiger charge is 2.37. The lowest BCUT2D eigenvalue weighted by Crippen LogP contribution is -2.47. The van der Waals surface area contributed by atoms with Crippen molar-refractivity contribution >= 4 is 18.0 Å². The van der Waals surface area contributed by atoms with Crippen LogP contribution in [0.1, 0.15) is 44.1 Å². The van der Waals surface area contributed by atoms with Crippen LogP contribution in [0.5, 0.6) is 0 Å². The van der Waals surface area contributed by atoms with E-state index in [1.165, 1.54) is 12.1 Å². The molecule has 1 aromatic rings. The lowest BCUT2D eigenvalue weighted by molar-refractivity contribution is -0.139. The van der Waals surface area contributed by atoms with Crippen LogP contribution >= 0.6 is 0 Å². The monoisotopic (exact) mass is 305 g/mol. The number of amides is 1. The Morgan fingerprint density at radius 3 is 2.45 bits per heavy atom. The van der Waals surface area contributed by atoms with Gasteiger partial charge in [-0.15, -0.1) is 0 Å². The molecule has 0 heterocycles. The molecule has 1 amide bonds. The number of hydrogen-bond acceptors (Lipinski definition) is 2. The van der Waals surface area contributed by atoms with E-state index in [4.69, 9.17) is 5.11 Å². The fourth-order valence-corrected chi connectivity index (χ4v) is 2.91. The first-order chi connectivity index (χ1) is 10.5. The van der Waals surface area contributed by atoms with Crippen LogP contribution in [0.3, 0.4) is 0 Å². The van der Waals surface area contributed by atoms with E-state index < -0.39 is 11.5 Å². The molecule has 1 saturated carbocycles. The SMILES string of the molecule is O=C(O)CC1(NC(=O)C/C=C/c2ccc(F)cc2)CCCC1. The molecule has 1 aliphatic rings. The fraction of sp³-hybridized carbons (Fsp3) is 0.412. The van der Waals surface area contributed by atoms with Crippen molar-refractivity contribution in [3.8, 4) is 0 Å². The van der Waals surface area contributed by atoms with Crippen LogP contribution in [0.4, 0.5) is 4.39 Å². The lowest BCUT2D eigenvalue weighted by atomic mass is 9.93. The molecule has 5 heteroatoms. The van der Waals surface area contributed by atoms with E-state index in [-0.39, 0.29) is 24.6 Å². The third-order valence-electron chi connectivity index (χ3n) is 3.94. The molecule has 0 unspecified atom stereocenters. The number of aliphatic carboxylic acids is 1. The second-order valence-corrected chi connectivity index (χ2v) is 5.76. The Balaban J connectivity index is 1.88. The maximum atomic E-state index is 12.8. The number of hydrogen-bond donors (Lipinski definition) is 2. The van der Waals surface area contributed by atoms with E-state index in [0.29, 0.717) is 12.8 Å². The topological polar surface area (TPSA) is 66.4 Å². The highest BCUT2D eigenvalue weighted by molar-refractivity contribution is 5.80. The third-order valence-corrected chi connectivity index (χ3v) is 3.94. The summed E-state index contributed by atoms with van der Waals surface area (Å²) in [7, 11) is 0. The molecule has 0 atom stereocenters. The van der Waals surface area contributed by atoms with Gasteiger partial charge >= 0.3 is 5.97 Å². The van der Waals surface area contributed by atoms with Crippen molar-refractivity contribution in [2.24, 2.45) is 0 Å². The zero-order valence-electron chi connectivity index (χ0n) is 12.3. The number of carbonyl (C=O) groups excluding carboxylic acids is 1. The van der Waals surface area contributed by atoms with E-state index in [1.54, 1.807) is 24.3 Å². The van der Waals surface area contributed by atoms with Crippen molar-refractivity contribution in [3.05, 3.63) is 41.7 Å². The van der Waals surface area contributed by atoms with Gasteiger partial charge in [-0.05, 0) is 30.5 Å². The summed E-state index contributed by atoms with van der Waals surface area (Å²) in [4.78, 5) is 23.0. The van der Waals surface area contributed by atoms with Gasteiger partial charge in [-0.2, -0.15) is 0 Å². The first kappa shape index (κ1) is 16.2. The summed E-state index contributed by atoms with van der Waals surface area (Å²) in [6, 6.07) is 5.99. The smallest absolute Gasteiger partial charge is 0.305 e. The van der Waals surface area contributed by atoms with Gasteiger partial charge < -0.3 is 10.4 Å². The van der Waals surface area contributed by atoms with Gasteiger partial charge in [-0.25, -0.2) is 4.39 Å². The molecule has 4 nitrogen and oxygen atoms in total. The molecule has 0 radical (unpaired) electrons. The summed E-state index contributed by atoms with van der Waals surface area (Å²) < 4.78 is 12.8. The minimum Gasteiger partial charge on any atom is -0.481 e. The van der Waals surface area contributed by atoms with Gasteiger partial charge in [0.25, 0.3) is 0 Å². The van der Waals surface area contributed by atoms with Crippen molar-refractivity contribution in [3.63, 3.8) is 0 Å². The third kappa shape index (κ3) is 4.69. The fourth-order valence-electron chi connectivity index (χ4n) is 2.91. The van der Waals surface area contributed by atoms with Crippen LogP contribution in [0.15, 0.2) is 30.3 Å². The second-order valence-electron chi connectivity index (χ2n) is 5.76. The van der Waals surface area contributed by atoms with Gasteiger partial charge in [0.05, 0.1) is 12.0 Å². The lowest BCUT2D eigenvalue weighted by Gasteiger charge is -2.28. The molecule has 0 saturated heterocycles. The van der Waals surface area contributed by atoms with Crippen LogP contribution in [0, 0.1) is 5.82 Å². The van der Waals surface area contributed by atoms with Crippen LogP contribution in [0.2, 0.25) is 0 Å². The van der Waals surface area contributed by atoms with Crippen LogP contribution in [-0.2, 0) is 9.59 Å². The molecule has 2 N–H and O–H groups in total. The van der Waals surface area contributed by atoms with Crippen molar-refractivity contribution in [2.75, 3.05) is 0 Å². The van der Waals surface area contributed by atoms with Crippen molar-refractivity contribution in [1.82, 2.24) is 5.32 Å². The molecule has 0 spiro atoms. The Kier molecular flexibility index (Phi) is 5.31. The molecule has 2 rings (SSSR count).